The fraction of sp³-hybridized carbons (Fsp3) is 0.517. The van der Waals surface area contributed by atoms with Crippen LogP contribution in [0, 0.1) is 0 Å². The Bertz CT molecular complexity index is 1090. The summed E-state index contributed by atoms with van der Waals surface area (Å²) in [5, 5.41) is 4.12. The van der Waals surface area contributed by atoms with Crippen molar-refractivity contribution in [1.82, 2.24) is 9.68 Å². The molecule has 0 saturated heterocycles. The minimum absolute atomic E-state index is 0.188. The zero-order chi connectivity index (χ0) is 27.9. The van der Waals surface area contributed by atoms with Crippen LogP contribution in [0.1, 0.15) is 71.0 Å². The summed E-state index contributed by atoms with van der Waals surface area (Å²) in [5.74, 6) is 1.58. The fourth-order valence-corrected chi connectivity index (χ4v) is 6.43. The van der Waals surface area contributed by atoms with E-state index in [1.165, 1.54) is 0 Å². The summed E-state index contributed by atoms with van der Waals surface area (Å²) >= 11 is 6.17. The number of ether oxygens (including phenoxy) is 2. The van der Waals surface area contributed by atoms with Crippen LogP contribution in [-0.4, -0.2) is 60.9 Å². The lowest BCUT2D eigenvalue weighted by Gasteiger charge is -2.42. The molecule has 0 spiro atoms. The first-order valence-electron chi connectivity index (χ1n) is 12.8. The summed E-state index contributed by atoms with van der Waals surface area (Å²) in [4.78, 5) is 13.3. The number of likely N-dealkylation sites (N-methyl/N-ethyl adjacent to an activating group) is 1. The second kappa shape index (κ2) is 13.0. The second-order valence-corrected chi connectivity index (χ2v) is 16.0. The standard InChI is InChI=1S/C29H44N3O3PS/c1-10-20-28(3,4)34-25-16-12-23(13-17-25)21-30-32(8)36(9,37)29(5,11-2)35-26-18-14-24(15-19-26)27(22-33)31(6)7/h12-19,21-22,27H,10-11,20H2,1-9H3. The second-order valence-electron chi connectivity index (χ2n) is 10.5. The number of carbonyl (C=O) groups is 1. The fourth-order valence-electron chi connectivity index (χ4n) is 4.08. The molecule has 0 radical (unpaired) electrons. The van der Waals surface area contributed by atoms with Gasteiger partial charge in [0.05, 0.1) is 18.4 Å². The van der Waals surface area contributed by atoms with E-state index in [2.05, 4.69) is 41.3 Å². The molecule has 0 bridgehead atoms. The number of aldehydes is 1. The van der Waals surface area contributed by atoms with E-state index >= 15 is 0 Å². The SMILES string of the molecule is CCCC(C)(C)Oc1ccc(C=NN(C)P(C)(=S)C(C)(CC)Oc2ccc(C(C=O)N(C)C)cc2)cc1. The van der Waals surface area contributed by atoms with Gasteiger partial charge in [0.1, 0.15) is 23.4 Å². The Morgan fingerprint density at radius 1 is 0.973 bits per heavy atom. The van der Waals surface area contributed by atoms with Crippen molar-refractivity contribution in [2.45, 2.75) is 70.9 Å². The Kier molecular flexibility index (Phi) is 10.9. The van der Waals surface area contributed by atoms with E-state index in [0.717, 1.165) is 48.2 Å². The number of hydrogen-bond donors (Lipinski definition) is 0. The maximum Gasteiger partial charge on any atom is 0.152 e. The van der Waals surface area contributed by atoms with Crippen LogP contribution in [-0.2, 0) is 16.6 Å². The molecule has 0 heterocycles. The number of benzene rings is 2. The van der Waals surface area contributed by atoms with Gasteiger partial charge < -0.3 is 14.3 Å². The molecule has 0 aromatic heterocycles. The molecule has 0 aliphatic rings. The number of rotatable bonds is 14. The molecule has 204 valence electrons. The number of nitrogens with zero attached hydrogens (tertiary/aromatic N) is 3. The van der Waals surface area contributed by atoms with Crippen LogP contribution < -0.4 is 9.47 Å². The van der Waals surface area contributed by atoms with Gasteiger partial charge in [-0.3, -0.25) is 9.68 Å². The summed E-state index contributed by atoms with van der Waals surface area (Å²) in [5.41, 5.74) is 1.71. The lowest BCUT2D eigenvalue weighted by atomic mass is 10.0. The molecular weight excluding hydrogens is 501 g/mol. The molecule has 37 heavy (non-hydrogen) atoms. The summed E-state index contributed by atoms with van der Waals surface area (Å²) in [6, 6.07) is 15.4. The smallest absolute Gasteiger partial charge is 0.152 e. The van der Waals surface area contributed by atoms with Crippen LogP contribution in [0.3, 0.4) is 0 Å². The zero-order valence-electron chi connectivity index (χ0n) is 23.9. The molecule has 2 aromatic rings. The van der Waals surface area contributed by atoms with Crippen LogP contribution in [0.4, 0.5) is 0 Å². The van der Waals surface area contributed by atoms with E-state index in [1.54, 1.807) is 0 Å². The lowest BCUT2D eigenvalue weighted by Crippen LogP contribution is -2.35. The Morgan fingerprint density at radius 2 is 1.51 bits per heavy atom. The van der Waals surface area contributed by atoms with E-state index in [-0.39, 0.29) is 11.6 Å². The van der Waals surface area contributed by atoms with E-state index in [9.17, 15) is 4.79 Å². The summed E-state index contributed by atoms with van der Waals surface area (Å²) in [7, 11) is 5.70. The molecular formula is C29H44N3O3PS. The van der Waals surface area contributed by atoms with Crippen LogP contribution in [0.15, 0.2) is 53.6 Å². The first-order valence-corrected chi connectivity index (χ1v) is 16.0. The van der Waals surface area contributed by atoms with Crippen molar-refractivity contribution in [3.63, 3.8) is 0 Å². The minimum atomic E-state index is -2.25. The van der Waals surface area contributed by atoms with Gasteiger partial charge >= 0.3 is 0 Å². The highest BCUT2D eigenvalue weighted by atomic mass is 32.4. The number of hydrogen-bond acceptors (Lipinski definition) is 6. The molecule has 0 aliphatic heterocycles. The molecule has 3 unspecified atom stereocenters. The van der Waals surface area contributed by atoms with Crippen molar-refractivity contribution < 1.29 is 14.3 Å². The van der Waals surface area contributed by atoms with Gasteiger partial charge in [0.25, 0.3) is 0 Å². The zero-order valence-corrected chi connectivity index (χ0v) is 25.6. The van der Waals surface area contributed by atoms with Gasteiger partial charge in [0.2, 0.25) is 0 Å². The summed E-state index contributed by atoms with van der Waals surface area (Å²) < 4.78 is 14.5. The monoisotopic (exact) mass is 545 g/mol. The molecule has 2 aromatic carbocycles. The van der Waals surface area contributed by atoms with Gasteiger partial charge in [-0.25, -0.2) is 0 Å². The third kappa shape index (κ3) is 8.13. The molecule has 0 N–H and O–H groups in total. The molecule has 3 atom stereocenters. The maximum absolute atomic E-state index is 11.5. The maximum atomic E-state index is 11.5. The summed E-state index contributed by atoms with van der Waals surface area (Å²) in [6.45, 7) is 12.6. The molecule has 2 rings (SSSR count). The Morgan fingerprint density at radius 3 is 2.00 bits per heavy atom. The molecule has 0 aliphatic carbocycles. The molecule has 0 fully saturated rings. The Hall–Kier alpha value is -2.21. The van der Waals surface area contributed by atoms with Crippen molar-refractivity contribution >= 4 is 30.5 Å². The Labute approximate surface area is 229 Å². The van der Waals surface area contributed by atoms with Gasteiger partial charge in [-0.05, 0) is 102 Å². The van der Waals surface area contributed by atoms with Gasteiger partial charge in [-0.15, -0.1) is 0 Å². The minimum Gasteiger partial charge on any atom is -0.488 e. The van der Waals surface area contributed by atoms with Gasteiger partial charge in [-0.2, -0.15) is 5.10 Å². The largest absolute Gasteiger partial charge is 0.488 e. The van der Waals surface area contributed by atoms with Crippen molar-refractivity contribution in [1.29, 1.82) is 0 Å². The van der Waals surface area contributed by atoms with Crippen molar-refractivity contribution in [2.24, 2.45) is 5.10 Å². The van der Waals surface area contributed by atoms with Gasteiger partial charge in [0, 0.05) is 7.05 Å². The van der Waals surface area contributed by atoms with E-state index in [0.29, 0.717) is 0 Å². The van der Waals surface area contributed by atoms with Crippen LogP contribution in [0.25, 0.3) is 0 Å². The first kappa shape index (κ1) is 31.0. The number of hydrazone groups is 1. The third-order valence-electron chi connectivity index (χ3n) is 6.83. The topological polar surface area (TPSA) is 54.4 Å². The average molecular weight is 546 g/mol. The van der Waals surface area contributed by atoms with Crippen molar-refractivity contribution in [3.05, 3.63) is 59.7 Å². The third-order valence-corrected chi connectivity index (χ3v) is 12.1. The normalized spacial score (nSPS) is 16.2. The predicted octanol–water partition coefficient (Wildman–Crippen LogP) is 6.94. The highest BCUT2D eigenvalue weighted by molar-refractivity contribution is 8.13. The molecule has 6 nitrogen and oxygen atoms in total. The van der Waals surface area contributed by atoms with Crippen LogP contribution >= 0.6 is 6.19 Å². The van der Waals surface area contributed by atoms with Crippen molar-refractivity contribution in [2.75, 3.05) is 27.8 Å². The number of carbonyl (C=O) groups excluding carboxylic acids is 1. The average Bonchev–Trinajstić information content (AvgIpc) is 2.84. The van der Waals surface area contributed by atoms with E-state index < -0.39 is 11.5 Å². The highest BCUT2D eigenvalue weighted by Crippen LogP contribution is 2.59. The van der Waals surface area contributed by atoms with Crippen molar-refractivity contribution in [3.8, 4) is 11.5 Å². The Balaban J connectivity index is 2.14. The van der Waals surface area contributed by atoms with Gasteiger partial charge in [-0.1, -0.05) is 44.2 Å². The molecule has 8 heteroatoms. The van der Waals surface area contributed by atoms with Crippen LogP contribution in [0.2, 0.25) is 0 Å². The highest BCUT2D eigenvalue weighted by Gasteiger charge is 2.40. The first-order chi connectivity index (χ1) is 17.3. The van der Waals surface area contributed by atoms with Crippen LogP contribution in [0.5, 0.6) is 11.5 Å². The predicted molar refractivity (Wildman–Crippen MR) is 160 cm³/mol. The van der Waals surface area contributed by atoms with Gasteiger partial charge in [0.15, 0.2) is 5.34 Å². The van der Waals surface area contributed by atoms with E-state index in [1.807, 2.05) is 85.6 Å². The quantitative estimate of drug-likeness (QED) is 0.111. The lowest BCUT2D eigenvalue weighted by molar-refractivity contribution is -0.111. The van der Waals surface area contributed by atoms with E-state index in [4.69, 9.17) is 26.4 Å². The summed E-state index contributed by atoms with van der Waals surface area (Å²) in [6.07, 6.45) is 3.34. The molecule has 0 saturated carbocycles. The molecule has 0 amide bonds.